The SMILES string of the molecule is CCCn1nc(C(=O)OCc2csc(CC(=O)Nc3ccc(C)cc3)n2)c2ccccc2c1=O. The Kier molecular flexibility index (Phi) is 7.12. The molecule has 2 heterocycles. The minimum Gasteiger partial charge on any atom is -0.454 e. The van der Waals surface area contributed by atoms with Gasteiger partial charge < -0.3 is 10.1 Å². The Morgan fingerprint density at radius 1 is 1.09 bits per heavy atom. The molecule has 4 aromatic rings. The van der Waals surface area contributed by atoms with Crippen LogP contribution in [0.5, 0.6) is 0 Å². The zero-order valence-corrected chi connectivity index (χ0v) is 19.7. The van der Waals surface area contributed by atoms with Crippen molar-refractivity contribution in [2.45, 2.75) is 39.8 Å². The van der Waals surface area contributed by atoms with E-state index in [9.17, 15) is 14.4 Å². The Balaban J connectivity index is 1.42. The molecule has 0 aliphatic rings. The fraction of sp³-hybridized carbons (Fsp3) is 0.240. The maximum absolute atomic E-state index is 12.8. The summed E-state index contributed by atoms with van der Waals surface area (Å²) in [5, 5.41) is 10.3. The minimum absolute atomic E-state index is 0.0577. The number of hydrogen-bond acceptors (Lipinski definition) is 7. The molecule has 0 saturated carbocycles. The van der Waals surface area contributed by atoms with Crippen LogP contribution < -0.4 is 10.9 Å². The highest BCUT2D eigenvalue weighted by atomic mass is 32.1. The van der Waals surface area contributed by atoms with Crippen LogP contribution in [-0.2, 0) is 29.1 Å². The van der Waals surface area contributed by atoms with E-state index in [-0.39, 0.29) is 30.2 Å². The first-order valence-electron chi connectivity index (χ1n) is 10.9. The summed E-state index contributed by atoms with van der Waals surface area (Å²) >= 11 is 1.33. The van der Waals surface area contributed by atoms with Crippen molar-refractivity contribution in [2.75, 3.05) is 5.32 Å². The lowest BCUT2D eigenvalue weighted by molar-refractivity contribution is -0.115. The third-order valence-corrected chi connectivity index (χ3v) is 5.99. The summed E-state index contributed by atoms with van der Waals surface area (Å²) in [6, 6.07) is 14.4. The van der Waals surface area contributed by atoms with Gasteiger partial charge in [0.2, 0.25) is 5.91 Å². The summed E-state index contributed by atoms with van der Waals surface area (Å²) in [5.74, 6) is -0.802. The highest BCUT2D eigenvalue weighted by Gasteiger charge is 2.18. The Bertz CT molecular complexity index is 1390. The first-order chi connectivity index (χ1) is 16.4. The number of benzene rings is 2. The number of amides is 1. The van der Waals surface area contributed by atoms with E-state index in [1.165, 1.54) is 16.0 Å². The van der Waals surface area contributed by atoms with Gasteiger partial charge in [0.25, 0.3) is 5.56 Å². The standard InChI is InChI=1S/C25H24N4O4S/c1-3-12-29-24(31)20-7-5-4-6-19(20)23(28-29)25(32)33-14-18-15-34-22(27-18)13-21(30)26-17-10-8-16(2)9-11-17/h4-11,15H,3,12-14H2,1-2H3,(H,26,30). The van der Waals surface area contributed by atoms with Crippen LogP contribution in [0.25, 0.3) is 10.8 Å². The van der Waals surface area contributed by atoms with Crippen molar-refractivity contribution in [2.24, 2.45) is 0 Å². The summed E-state index contributed by atoms with van der Waals surface area (Å²) in [6.45, 7) is 4.26. The van der Waals surface area contributed by atoms with Gasteiger partial charge in [0.15, 0.2) is 5.69 Å². The average Bonchev–Trinajstić information content (AvgIpc) is 3.28. The van der Waals surface area contributed by atoms with Gasteiger partial charge in [-0.2, -0.15) is 5.10 Å². The lowest BCUT2D eigenvalue weighted by Crippen LogP contribution is -2.26. The Morgan fingerprint density at radius 2 is 1.82 bits per heavy atom. The van der Waals surface area contributed by atoms with Crippen molar-refractivity contribution in [3.05, 3.63) is 86.2 Å². The van der Waals surface area contributed by atoms with E-state index in [0.717, 1.165) is 11.3 Å². The van der Waals surface area contributed by atoms with E-state index < -0.39 is 5.97 Å². The molecular formula is C25H24N4O4S. The van der Waals surface area contributed by atoms with Gasteiger partial charge in [-0.3, -0.25) is 9.59 Å². The molecule has 4 rings (SSSR count). The Hall–Kier alpha value is -3.85. The van der Waals surface area contributed by atoms with E-state index in [4.69, 9.17) is 4.74 Å². The first-order valence-corrected chi connectivity index (χ1v) is 11.8. The molecule has 0 radical (unpaired) electrons. The topological polar surface area (TPSA) is 103 Å². The summed E-state index contributed by atoms with van der Waals surface area (Å²) in [7, 11) is 0. The molecule has 2 aromatic heterocycles. The Labute approximate surface area is 200 Å². The molecule has 1 N–H and O–H groups in total. The molecule has 0 saturated heterocycles. The van der Waals surface area contributed by atoms with Crippen molar-refractivity contribution in [1.82, 2.24) is 14.8 Å². The Morgan fingerprint density at radius 3 is 2.56 bits per heavy atom. The van der Waals surface area contributed by atoms with Gasteiger partial charge in [-0.1, -0.05) is 42.8 Å². The molecule has 0 unspecified atom stereocenters. The van der Waals surface area contributed by atoms with Crippen molar-refractivity contribution in [1.29, 1.82) is 0 Å². The van der Waals surface area contributed by atoms with Crippen LogP contribution in [0.4, 0.5) is 5.69 Å². The molecule has 34 heavy (non-hydrogen) atoms. The van der Waals surface area contributed by atoms with Gasteiger partial charge in [0.1, 0.15) is 11.6 Å². The molecule has 0 spiro atoms. The van der Waals surface area contributed by atoms with Crippen LogP contribution in [-0.4, -0.2) is 26.6 Å². The van der Waals surface area contributed by atoms with Crippen LogP contribution in [0.3, 0.4) is 0 Å². The second-order valence-corrected chi connectivity index (χ2v) is 8.76. The smallest absolute Gasteiger partial charge is 0.359 e. The molecule has 0 bridgehead atoms. The zero-order chi connectivity index (χ0) is 24.1. The number of nitrogens with zero attached hydrogens (tertiary/aromatic N) is 3. The maximum atomic E-state index is 12.8. The molecule has 174 valence electrons. The number of anilines is 1. The van der Waals surface area contributed by atoms with Crippen LogP contribution in [0.1, 0.15) is 40.1 Å². The number of carbonyl (C=O) groups excluding carboxylic acids is 2. The number of aromatic nitrogens is 3. The highest BCUT2D eigenvalue weighted by molar-refractivity contribution is 7.09. The van der Waals surface area contributed by atoms with Crippen LogP contribution in [0, 0.1) is 6.92 Å². The van der Waals surface area contributed by atoms with Gasteiger partial charge in [-0.05, 0) is 31.5 Å². The van der Waals surface area contributed by atoms with Gasteiger partial charge >= 0.3 is 5.97 Å². The highest BCUT2D eigenvalue weighted by Crippen LogP contribution is 2.17. The van der Waals surface area contributed by atoms with Gasteiger partial charge in [0, 0.05) is 23.0 Å². The number of nitrogens with one attached hydrogen (secondary N) is 1. The molecule has 0 fully saturated rings. The van der Waals surface area contributed by atoms with E-state index in [1.807, 2.05) is 38.1 Å². The number of thiazole rings is 1. The number of carbonyl (C=O) groups is 2. The van der Waals surface area contributed by atoms with Crippen molar-refractivity contribution < 1.29 is 14.3 Å². The summed E-state index contributed by atoms with van der Waals surface area (Å²) in [6.07, 6.45) is 0.833. The molecule has 9 heteroatoms. The van der Waals surface area contributed by atoms with Crippen molar-refractivity contribution >= 4 is 39.7 Å². The summed E-state index contributed by atoms with van der Waals surface area (Å²) in [5.41, 5.74) is 2.25. The molecular weight excluding hydrogens is 452 g/mol. The fourth-order valence-electron chi connectivity index (χ4n) is 3.43. The third-order valence-electron chi connectivity index (χ3n) is 5.09. The summed E-state index contributed by atoms with van der Waals surface area (Å²) in [4.78, 5) is 42.1. The number of fused-ring (bicyclic) bond motifs is 1. The van der Waals surface area contributed by atoms with Crippen LogP contribution in [0.15, 0.2) is 58.7 Å². The molecule has 2 aromatic carbocycles. The van der Waals surface area contributed by atoms with Crippen LogP contribution in [0.2, 0.25) is 0 Å². The predicted octanol–water partition coefficient (Wildman–Crippen LogP) is 4.11. The average molecular weight is 477 g/mol. The van der Waals surface area contributed by atoms with E-state index in [0.29, 0.717) is 34.4 Å². The minimum atomic E-state index is -0.632. The second kappa shape index (κ2) is 10.4. The molecule has 8 nitrogen and oxygen atoms in total. The largest absolute Gasteiger partial charge is 0.454 e. The maximum Gasteiger partial charge on any atom is 0.359 e. The summed E-state index contributed by atoms with van der Waals surface area (Å²) < 4.78 is 6.75. The number of esters is 1. The third kappa shape index (κ3) is 5.37. The van der Waals surface area contributed by atoms with Crippen LogP contribution >= 0.6 is 11.3 Å². The number of aryl methyl sites for hydroxylation is 2. The predicted molar refractivity (Wildman–Crippen MR) is 131 cm³/mol. The monoisotopic (exact) mass is 476 g/mol. The fourth-order valence-corrected chi connectivity index (χ4v) is 4.21. The molecule has 0 aliphatic carbocycles. The lowest BCUT2D eigenvalue weighted by Gasteiger charge is -2.10. The van der Waals surface area contributed by atoms with Crippen molar-refractivity contribution in [3.8, 4) is 0 Å². The zero-order valence-electron chi connectivity index (χ0n) is 18.9. The molecule has 0 aliphatic heterocycles. The van der Waals surface area contributed by atoms with Crippen molar-refractivity contribution in [3.63, 3.8) is 0 Å². The van der Waals surface area contributed by atoms with Gasteiger partial charge in [0.05, 0.1) is 17.5 Å². The number of rotatable bonds is 8. The number of hydrogen-bond donors (Lipinski definition) is 1. The van der Waals surface area contributed by atoms with Gasteiger partial charge in [-0.15, -0.1) is 11.3 Å². The van der Waals surface area contributed by atoms with E-state index in [1.54, 1.807) is 29.6 Å². The number of ether oxygens (including phenoxy) is 1. The quantitative estimate of drug-likeness (QED) is 0.384. The van der Waals surface area contributed by atoms with E-state index >= 15 is 0 Å². The second-order valence-electron chi connectivity index (χ2n) is 7.82. The normalized spacial score (nSPS) is 10.9. The first kappa shape index (κ1) is 23.3. The van der Waals surface area contributed by atoms with E-state index in [2.05, 4.69) is 15.4 Å². The molecule has 0 atom stereocenters. The lowest BCUT2D eigenvalue weighted by atomic mass is 10.1. The molecule has 1 amide bonds. The van der Waals surface area contributed by atoms with Gasteiger partial charge in [-0.25, -0.2) is 14.5 Å².